The molecular formula is C131H205N7O. The minimum absolute atomic E-state index is 0.860. The number of ether oxygens (including phenoxy) is 1. The molecule has 3 N–H and O–H groups in total. The van der Waals surface area contributed by atoms with Crippen LogP contribution in [0, 0.1) is 0 Å². The molecule has 0 spiro atoms. The molecule has 0 unspecified atom stereocenters. The van der Waals surface area contributed by atoms with Crippen LogP contribution in [-0.4, -0.2) is 49.9 Å². The van der Waals surface area contributed by atoms with Gasteiger partial charge in [0.15, 0.2) is 0 Å². The Bertz CT molecular complexity index is 3700. The molecule has 22 rings (SSSR count). The highest BCUT2D eigenvalue weighted by atomic mass is 16.5. The van der Waals surface area contributed by atoms with Crippen LogP contribution in [-0.2, 0) is 77.0 Å². The number of hydrogen-bond acceptors (Lipinski definition) is 8. The van der Waals surface area contributed by atoms with Crippen molar-refractivity contribution in [2.24, 2.45) is 15.0 Å². The molecule has 139 heavy (non-hydrogen) atoms. The molecule has 9 aromatic carbocycles. The van der Waals surface area contributed by atoms with Gasteiger partial charge in [-0.3, -0.25) is 20.0 Å². The van der Waals surface area contributed by atoms with E-state index in [-0.39, 0.29) is 0 Å². The molecule has 8 heteroatoms. The topological polar surface area (TPSA) is 95.3 Å². The summed E-state index contributed by atoms with van der Waals surface area (Å²) in [5.74, 6) is 1.07. The van der Waals surface area contributed by atoms with Gasteiger partial charge in [-0.15, -0.1) is 0 Å². The van der Waals surface area contributed by atoms with E-state index in [0.717, 1.165) is 64.1 Å². The first-order valence-electron chi connectivity index (χ1n) is 55.3. The zero-order chi connectivity index (χ0) is 104. The molecule has 8 nitrogen and oxygen atoms in total. The SMILES string of the molecule is C1=CCC=C1.C1=CN=CC1.C1=CN=CC1.C1=CN=CC1.CC.CC.CC.CC.CC.CC.CC.CC.CC.CC.CC.CC.CC.CC.c1ccc2c(c1)CCC2.c1ccc2c(c1)CCCC2.c1ccc2c(c1)CCCC2.c1ccc2c(c1)CCCCC2.c1ccc2c(c1)CCCCN2.c1ccc2c(c1)CCCN2.c1ccc2c(c1)CCN2.c1ccc2c(c1)CCO2.c1ccccc1.c1ccncc1. The van der Waals surface area contributed by atoms with Crippen molar-refractivity contribution >= 4 is 35.7 Å². The standard InChI is InChI=1S/C11H14.C10H13N.2C10H12.C9H11N.C9H10.C8H9N.C8H8O.C6H6.C5H5N.C5H6.3C4H5N.14C2H6/c1-2-6-10-8-4-5-9-11(10)7-3-1;1-2-7-10-9(5-1)6-3-4-8-11-10;2*1-2-6-10-8-4-3-7-9(10)5-1;1-2-6-9-8(4-1)5-3-7-10-9;1-2-5-9-7-3-6-8(9)4-1;2*1-2-4-8-7(3-1)5-6-9-8;2*1-2-4-6-5-3-1;4*1-2-4-5-3-1;14*1-2/h4-5,8-9H,1-3,6-7H2;1-2,5,7,11H,3-4,6,8H2;2*1-2,5-6H,3-4,7-8H2;1-2,4,6,10H,3,5,7H2;1-2,4-5H,3,6-7H2;1-4,9H,5-6H2;1-4H,5-6H2;1-6H;1-5H;1-4H,5H2;3*1,3-4H,2H2;14*1-2H3. The van der Waals surface area contributed by atoms with Gasteiger partial charge < -0.3 is 20.7 Å². The number of anilines is 3. The molecule has 770 valence electrons. The van der Waals surface area contributed by atoms with Crippen LogP contribution in [0.5, 0.6) is 5.75 Å². The summed E-state index contributed by atoms with van der Waals surface area (Å²) in [6.07, 6.45) is 63.3. The molecule has 0 radical (unpaired) electrons. The molecule has 0 bridgehead atoms. The number of aliphatic imine (C=N–C) groups is 3. The van der Waals surface area contributed by atoms with Gasteiger partial charge in [0, 0.05) is 112 Å². The maximum Gasteiger partial charge on any atom is 0.122 e. The Morgan fingerprint density at radius 1 is 0.194 bits per heavy atom. The zero-order valence-electron chi connectivity index (χ0n) is 93.9. The van der Waals surface area contributed by atoms with Crippen molar-refractivity contribution in [2.45, 2.75) is 367 Å². The molecule has 12 aliphatic rings. The fraction of sp³-hybridized carbons (Fsp3) is 0.450. The van der Waals surface area contributed by atoms with Gasteiger partial charge in [0.1, 0.15) is 5.75 Å². The van der Waals surface area contributed by atoms with E-state index >= 15 is 0 Å². The second-order valence-electron chi connectivity index (χ2n) is 28.3. The second-order valence-corrected chi connectivity index (χ2v) is 28.3. The molecule has 0 atom stereocenters. The van der Waals surface area contributed by atoms with Gasteiger partial charge >= 0.3 is 0 Å². The third kappa shape index (κ3) is 73.8. The number of allylic oxidation sites excluding steroid dienone is 7. The van der Waals surface area contributed by atoms with Gasteiger partial charge in [0.2, 0.25) is 0 Å². The summed E-state index contributed by atoms with van der Waals surface area (Å²) >= 11 is 0. The summed E-state index contributed by atoms with van der Waals surface area (Å²) in [6, 6.07) is 86.7. The van der Waals surface area contributed by atoms with Crippen LogP contribution in [0.4, 0.5) is 17.1 Å². The molecule has 0 fully saturated rings. The van der Waals surface area contributed by atoms with Crippen molar-refractivity contribution in [1.29, 1.82) is 0 Å². The maximum absolute atomic E-state index is 5.30. The Labute approximate surface area is 859 Å². The molecule has 5 aliphatic carbocycles. The number of para-hydroxylation sites is 4. The third-order valence-electron chi connectivity index (χ3n) is 20.0. The molecule has 0 amide bonds. The van der Waals surface area contributed by atoms with Crippen LogP contribution in [0.1, 0.15) is 357 Å². The summed E-state index contributed by atoms with van der Waals surface area (Å²) in [7, 11) is 0. The van der Waals surface area contributed by atoms with Gasteiger partial charge in [0.25, 0.3) is 0 Å². The minimum Gasteiger partial charge on any atom is -0.493 e. The molecule has 8 heterocycles. The highest BCUT2D eigenvalue weighted by molar-refractivity contribution is 5.64. The average molecular weight is 1890 g/mol. The molecule has 10 aromatic rings. The summed E-state index contributed by atoms with van der Waals surface area (Å²) in [4.78, 5) is 15.1. The van der Waals surface area contributed by atoms with Gasteiger partial charge in [-0.2, -0.15) is 0 Å². The predicted molar refractivity (Wildman–Crippen MR) is 637 cm³/mol. The highest BCUT2D eigenvalue weighted by Gasteiger charge is 2.12. The highest BCUT2D eigenvalue weighted by Crippen LogP contribution is 2.27. The van der Waals surface area contributed by atoms with Crippen LogP contribution < -0.4 is 20.7 Å². The Morgan fingerprint density at radius 2 is 0.439 bits per heavy atom. The van der Waals surface area contributed by atoms with E-state index in [9.17, 15) is 0 Å². The van der Waals surface area contributed by atoms with Gasteiger partial charge in [-0.1, -0.05) is 455 Å². The van der Waals surface area contributed by atoms with E-state index in [1.165, 1.54) is 181 Å². The minimum atomic E-state index is 0.860. The van der Waals surface area contributed by atoms with E-state index < -0.39 is 0 Å². The predicted octanol–water partition coefficient (Wildman–Crippen LogP) is 39.6. The maximum atomic E-state index is 5.30. The van der Waals surface area contributed by atoms with E-state index in [2.05, 4.69) is 236 Å². The van der Waals surface area contributed by atoms with E-state index in [4.69, 9.17) is 4.74 Å². The van der Waals surface area contributed by atoms with Gasteiger partial charge in [-0.25, -0.2) is 0 Å². The average Bonchev–Trinajstić information content (AvgIpc) is 1.61. The monoisotopic (exact) mass is 1890 g/mol. The first-order valence-corrected chi connectivity index (χ1v) is 55.3. The molecule has 0 saturated carbocycles. The zero-order valence-corrected chi connectivity index (χ0v) is 93.9. The number of nitrogens with zero attached hydrogens (tertiary/aromatic N) is 4. The first kappa shape index (κ1) is 139. The van der Waals surface area contributed by atoms with Crippen molar-refractivity contribution in [3.63, 3.8) is 0 Å². The Hall–Kier alpha value is -11.0. The number of aromatic nitrogens is 1. The van der Waals surface area contributed by atoms with Gasteiger partial charge in [-0.05, 0) is 244 Å². The van der Waals surface area contributed by atoms with Gasteiger partial charge in [0.05, 0.1) is 6.61 Å². The van der Waals surface area contributed by atoms with Crippen LogP contribution in [0.2, 0.25) is 0 Å². The molecule has 1 aromatic heterocycles. The lowest BCUT2D eigenvalue weighted by Gasteiger charge is -2.16. The van der Waals surface area contributed by atoms with E-state index in [1.54, 1.807) is 75.5 Å². The number of fused-ring (bicyclic) bond motifs is 8. The van der Waals surface area contributed by atoms with Crippen molar-refractivity contribution in [3.05, 3.63) is 389 Å². The Kier molecular flexibility index (Phi) is 116. The molecular weight excluding hydrogens is 1690 g/mol. The fourth-order valence-corrected chi connectivity index (χ4v) is 14.1. The Morgan fingerprint density at radius 3 is 0.705 bits per heavy atom. The lowest BCUT2D eigenvalue weighted by atomic mass is 9.92. The van der Waals surface area contributed by atoms with Crippen molar-refractivity contribution in [3.8, 4) is 5.75 Å². The van der Waals surface area contributed by atoms with Crippen molar-refractivity contribution < 1.29 is 4.74 Å². The van der Waals surface area contributed by atoms with Crippen LogP contribution >= 0.6 is 0 Å². The van der Waals surface area contributed by atoms with Crippen molar-refractivity contribution in [1.82, 2.24) is 4.98 Å². The second kappa shape index (κ2) is 116. The number of nitrogens with one attached hydrogen (secondary N) is 3. The van der Waals surface area contributed by atoms with E-state index in [1.807, 2.05) is 304 Å². The first-order chi connectivity index (χ1) is 69.2. The summed E-state index contributed by atoms with van der Waals surface area (Å²) in [5, 5.41) is 10.1. The molecule has 0 saturated heterocycles. The summed E-state index contributed by atoms with van der Waals surface area (Å²) < 4.78 is 5.30. The van der Waals surface area contributed by atoms with Crippen LogP contribution in [0.15, 0.2) is 337 Å². The van der Waals surface area contributed by atoms with E-state index in [0.29, 0.717) is 0 Å². The smallest absolute Gasteiger partial charge is 0.122 e. The third-order valence-corrected chi connectivity index (χ3v) is 20.0. The largest absolute Gasteiger partial charge is 0.493 e. The van der Waals surface area contributed by atoms with Crippen molar-refractivity contribution in [2.75, 3.05) is 42.2 Å². The number of rotatable bonds is 0. The Balaban J connectivity index is -0.000000338. The van der Waals surface area contributed by atoms with Crippen LogP contribution in [0.3, 0.4) is 0 Å². The number of benzene rings is 9. The lowest BCUT2D eigenvalue weighted by molar-refractivity contribution is 0.357. The fourth-order valence-electron chi connectivity index (χ4n) is 14.1. The normalized spacial score (nSPS) is 12.9. The molecule has 7 aliphatic heterocycles. The number of hydrogen-bond donors (Lipinski definition) is 3. The number of pyridine rings is 1. The number of aryl methyl sites for hydroxylation is 10. The summed E-state index contributed by atoms with van der Waals surface area (Å²) in [6.45, 7) is 60.2. The quantitative estimate of drug-likeness (QED) is 0.132. The lowest BCUT2D eigenvalue weighted by Crippen LogP contribution is -2.10. The van der Waals surface area contributed by atoms with Crippen LogP contribution in [0.25, 0.3) is 0 Å². The summed E-state index contributed by atoms with van der Waals surface area (Å²) in [5.41, 5.74) is 22.3.